The number of nitrogens with zero attached hydrogens (tertiary/aromatic N) is 1. The molecule has 1 aromatic heterocycles. The van der Waals surface area contributed by atoms with Crippen molar-refractivity contribution >= 4 is 5.91 Å². The molecule has 106 valence electrons. The van der Waals surface area contributed by atoms with Crippen molar-refractivity contribution in [3.05, 3.63) is 33.2 Å². The van der Waals surface area contributed by atoms with E-state index in [2.05, 4.69) is 4.98 Å². The Morgan fingerprint density at radius 3 is 2.58 bits per heavy atom. The van der Waals surface area contributed by atoms with E-state index in [-0.39, 0.29) is 12.1 Å². The minimum atomic E-state index is -2.72. The number of carbonyl (C=O) groups is 1. The van der Waals surface area contributed by atoms with E-state index in [9.17, 15) is 18.4 Å². The maximum absolute atomic E-state index is 12.4. The van der Waals surface area contributed by atoms with Crippen molar-refractivity contribution in [2.24, 2.45) is 0 Å². The second-order valence-electron chi connectivity index (χ2n) is 4.21. The van der Waals surface area contributed by atoms with E-state index in [0.29, 0.717) is 11.3 Å². The van der Waals surface area contributed by atoms with Gasteiger partial charge in [-0.25, -0.2) is 8.78 Å². The average Bonchev–Trinajstić information content (AvgIpc) is 2.26. The first-order valence-electron chi connectivity index (χ1n) is 5.75. The fraction of sp³-hybridized carbons (Fsp3) is 0.500. The number of hydrogen-bond acceptors (Lipinski definition) is 3. The minimum Gasteiger partial charge on any atom is -0.395 e. The Morgan fingerprint density at radius 1 is 1.47 bits per heavy atom. The number of nitrogens with one attached hydrogen (secondary N) is 1. The van der Waals surface area contributed by atoms with Gasteiger partial charge in [0, 0.05) is 12.2 Å². The molecule has 0 radical (unpaired) electrons. The number of halogens is 2. The third-order valence-electron chi connectivity index (χ3n) is 2.59. The van der Waals surface area contributed by atoms with E-state index >= 15 is 0 Å². The van der Waals surface area contributed by atoms with Gasteiger partial charge in [-0.3, -0.25) is 9.59 Å². The Hall–Kier alpha value is -1.76. The quantitative estimate of drug-likeness (QED) is 0.829. The Kier molecular flexibility index (Phi) is 5.17. The summed E-state index contributed by atoms with van der Waals surface area (Å²) in [5, 5.41) is 8.80. The van der Waals surface area contributed by atoms with E-state index in [1.165, 1.54) is 0 Å². The molecular weight excluding hydrogens is 258 g/mol. The van der Waals surface area contributed by atoms with Gasteiger partial charge in [0.2, 0.25) is 0 Å². The van der Waals surface area contributed by atoms with Crippen LogP contribution >= 0.6 is 0 Å². The molecule has 0 bridgehead atoms. The van der Waals surface area contributed by atoms with Crippen LogP contribution in [0.1, 0.15) is 21.6 Å². The fourth-order valence-corrected chi connectivity index (χ4v) is 1.84. The van der Waals surface area contributed by atoms with Gasteiger partial charge in [-0.2, -0.15) is 0 Å². The molecule has 0 aliphatic carbocycles. The maximum Gasteiger partial charge on any atom is 0.261 e. The third kappa shape index (κ3) is 3.85. The number of alkyl halides is 2. The summed E-state index contributed by atoms with van der Waals surface area (Å²) in [5.41, 5.74) is 0.226. The zero-order valence-electron chi connectivity index (χ0n) is 10.7. The molecule has 0 saturated heterocycles. The summed E-state index contributed by atoms with van der Waals surface area (Å²) >= 11 is 0. The molecular formula is C12H16F2N2O3. The zero-order chi connectivity index (χ0) is 14.6. The summed E-state index contributed by atoms with van der Waals surface area (Å²) < 4.78 is 24.8. The highest BCUT2D eigenvalue weighted by molar-refractivity contribution is 5.95. The number of pyridine rings is 1. The van der Waals surface area contributed by atoms with E-state index in [0.717, 1.165) is 4.90 Å². The number of aromatic nitrogens is 1. The molecule has 7 heteroatoms. The number of hydrogen-bond donors (Lipinski definition) is 2. The summed E-state index contributed by atoms with van der Waals surface area (Å²) in [5.74, 6) is -0.798. The lowest BCUT2D eigenvalue weighted by Gasteiger charge is -2.21. The molecule has 0 aromatic carbocycles. The minimum absolute atomic E-state index is 0.167. The average molecular weight is 274 g/mol. The van der Waals surface area contributed by atoms with Crippen molar-refractivity contribution in [3.8, 4) is 0 Å². The predicted molar refractivity (Wildman–Crippen MR) is 65.5 cm³/mol. The number of amides is 1. The van der Waals surface area contributed by atoms with Crippen molar-refractivity contribution in [1.29, 1.82) is 0 Å². The lowest BCUT2D eigenvalue weighted by Crippen LogP contribution is -2.40. The van der Waals surface area contributed by atoms with Gasteiger partial charge in [0.1, 0.15) is 5.56 Å². The molecule has 2 N–H and O–H groups in total. The number of aryl methyl sites for hydroxylation is 2. The van der Waals surface area contributed by atoms with Crippen LogP contribution in [-0.2, 0) is 0 Å². The van der Waals surface area contributed by atoms with Gasteiger partial charge < -0.3 is 15.0 Å². The number of rotatable bonds is 5. The Bertz CT molecular complexity index is 514. The largest absolute Gasteiger partial charge is 0.395 e. The van der Waals surface area contributed by atoms with Gasteiger partial charge >= 0.3 is 0 Å². The molecule has 0 saturated carbocycles. The summed E-state index contributed by atoms with van der Waals surface area (Å²) in [6, 6.07) is 1.59. The Balaban J connectivity index is 3.13. The standard InChI is InChI=1S/C12H16F2N2O3/c1-7-5-8(2)15-11(18)10(7)12(19)16(3-4-17)6-9(13)14/h5,9,17H,3-4,6H2,1-2H3,(H,15,18). The highest BCUT2D eigenvalue weighted by Gasteiger charge is 2.23. The van der Waals surface area contributed by atoms with Crippen LogP contribution in [0, 0.1) is 13.8 Å². The number of H-pyrrole nitrogens is 1. The summed E-state index contributed by atoms with van der Waals surface area (Å²) in [4.78, 5) is 27.1. The molecule has 0 aliphatic rings. The van der Waals surface area contributed by atoms with Crippen LogP contribution < -0.4 is 5.56 Å². The van der Waals surface area contributed by atoms with Gasteiger partial charge in [0.25, 0.3) is 17.9 Å². The number of carbonyl (C=O) groups excluding carboxylic acids is 1. The van der Waals surface area contributed by atoms with E-state index in [4.69, 9.17) is 5.11 Å². The SMILES string of the molecule is Cc1cc(C)c(C(=O)N(CCO)CC(F)F)c(=O)[nH]1. The van der Waals surface area contributed by atoms with E-state index < -0.39 is 31.0 Å². The van der Waals surface area contributed by atoms with Crippen LogP contribution in [0.15, 0.2) is 10.9 Å². The first-order valence-corrected chi connectivity index (χ1v) is 5.75. The predicted octanol–water partition coefficient (Wildman–Crippen LogP) is 0.691. The molecule has 0 aliphatic heterocycles. The van der Waals surface area contributed by atoms with Gasteiger partial charge in [-0.05, 0) is 25.5 Å². The summed E-state index contributed by atoms with van der Waals surface area (Å²) in [6.07, 6.45) is -2.72. The highest BCUT2D eigenvalue weighted by Crippen LogP contribution is 2.09. The molecule has 0 fully saturated rings. The second kappa shape index (κ2) is 6.42. The molecule has 0 unspecified atom stereocenters. The van der Waals surface area contributed by atoms with E-state index in [1.54, 1.807) is 19.9 Å². The van der Waals surface area contributed by atoms with Crippen molar-refractivity contribution < 1.29 is 18.7 Å². The highest BCUT2D eigenvalue weighted by atomic mass is 19.3. The van der Waals surface area contributed by atoms with Crippen LogP contribution in [0.3, 0.4) is 0 Å². The Morgan fingerprint density at radius 2 is 2.11 bits per heavy atom. The van der Waals surface area contributed by atoms with Crippen molar-refractivity contribution in [2.45, 2.75) is 20.3 Å². The number of aromatic amines is 1. The lowest BCUT2D eigenvalue weighted by molar-refractivity contribution is 0.0507. The second-order valence-corrected chi connectivity index (χ2v) is 4.21. The molecule has 1 amide bonds. The number of aliphatic hydroxyl groups is 1. The number of aliphatic hydroxyl groups excluding tert-OH is 1. The van der Waals surface area contributed by atoms with Crippen LogP contribution in [0.4, 0.5) is 8.78 Å². The maximum atomic E-state index is 12.4. The molecule has 1 rings (SSSR count). The first-order chi connectivity index (χ1) is 8.86. The van der Waals surface area contributed by atoms with Crippen LogP contribution in [0.25, 0.3) is 0 Å². The monoisotopic (exact) mass is 274 g/mol. The van der Waals surface area contributed by atoms with Crippen LogP contribution in [0.2, 0.25) is 0 Å². The molecule has 0 atom stereocenters. The smallest absolute Gasteiger partial charge is 0.261 e. The van der Waals surface area contributed by atoms with Crippen molar-refractivity contribution in [2.75, 3.05) is 19.7 Å². The van der Waals surface area contributed by atoms with Crippen molar-refractivity contribution in [3.63, 3.8) is 0 Å². The molecule has 5 nitrogen and oxygen atoms in total. The molecule has 19 heavy (non-hydrogen) atoms. The van der Waals surface area contributed by atoms with Crippen molar-refractivity contribution in [1.82, 2.24) is 9.88 Å². The first kappa shape index (κ1) is 15.3. The normalized spacial score (nSPS) is 10.8. The molecule has 1 heterocycles. The van der Waals surface area contributed by atoms with Gasteiger partial charge in [-0.15, -0.1) is 0 Å². The van der Waals surface area contributed by atoms with Gasteiger partial charge in [0.05, 0.1) is 13.2 Å². The topological polar surface area (TPSA) is 73.4 Å². The lowest BCUT2D eigenvalue weighted by atomic mass is 10.1. The molecule has 1 aromatic rings. The third-order valence-corrected chi connectivity index (χ3v) is 2.59. The summed E-state index contributed by atoms with van der Waals surface area (Å²) in [7, 11) is 0. The van der Waals surface area contributed by atoms with Gasteiger partial charge in [-0.1, -0.05) is 0 Å². The van der Waals surface area contributed by atoms with Crippen LogP contribution in [-0.4, -0.2) is 47.0 Å². The Labute approximate surface area is 108 Å². The van der Waals surface area contributed by atoms with Crippen LogP contribution in [0.5, 0.6) is 0 Å². The van der Waals surface area contributed by atoms with E-state index in [1.807, 2.05) is 0 Å². The fourth-order valence-electron chi connectivity index (χ4n) is 1.84. The molecule has 0 spiro atoms. The summed E-state index contributed by atoms with van der Waals surface area (Å²) in [6.45, 7) is 1.73. The van der Waals surface area contributed by atoms with Gasteiger partial charge in [0.15, 0.2) is 0 Å². The zero-order valence-corrected chi connectivity index (χ0v) is 10.7.